The van der Waals surface area contributed by atoms with Crippen LogP contribution in [0.1, 0.15) is 46.1 Å². The Balaban J connectivity index is 1.82. The number of fused-ring (bicyclic) bond motifs is 1. The minimum atomic E-state index is -0.0917. The third kappa shape index (κ3) is 2.46. The van der Waals surface area contributed by atoms with E-state index in [1.54, 1.807) is 30.5 Å². The van der Waals surface area contributed by atoms with E-state index in [0.29, 0.717) is 10.6 Å². The maximum absolute atomic E-state index is 12.3. The van der Waals surface area contributed by atoms with Crippen molar-refractivity contribution in [3.63, 3.8) is 0 Å². The Morgan fingerprint density at radius 3 is 3.10 bits per heavy atom. The highest BCUT2D eigenvalue weighted by molar-refractivity contribution is 6.30. The normalized spacial score (nSPS) is 17.6. The summed E-state index contributed by atoms with van der Waals surface area (Å²) in [6.07, 6.45) is 4.70. The van der Waals surface area contributed by atoms with Crippen LogP contribution in [0.4, 0.5) is 0 Å². The average Bonchev–Trinajstić information content (AvgIpc) is 2.82. The van der Waals surface area contributed by atoms with Gasteiger partial charge in [0.25, 0.3) is 5.91 Å². The molecule has 1 aliphatic rings. The van der Waals surface area contributed by atoms with E-state index in [2.05, 4.69) is 5.32 Å². The van der Waals surface area contributed by atoms with Gasteiger partial charge in [-0.3, -0.25) is 4.79 Å². The molecule has 1 aromatic carbocycles. The van der Waals surface area contributed by atoms with Crippen molar-refractivity contribution in [3.8, 4) is 0 Å². The minimum absolute atomic E-state index is 0.0315. The number of furan rings is 1. The van der Waals surface area contributed by atoms with Crippen LogP contribution < -0.4 is 5.32 Å². The number of nitrogens with one attached hydrogen (secondary N) is 1. The van der Waals surface area contributed by atoms with Crippen LogP contribution in [0.5, 0.6) is 0 Å². The van der Waals surface area contributed by atoms with E-state index in [1.807, 2.05) is 6.92 Å². The van der Waals surface area contributed by atoms with Crippen molar-refractivity contribution in [2.45, 2.75) is 32.2 Å². The highest BCUT2D eigenvalue weighted by Gasteiger charge is 2.26. The molecular weight excluding hydrogens is 274 g/mol. The van der Waals surface area contributed by atoms with E-state index in [-0.39, 0.29) is 11.9 Å². The molecule has 20 heavy (non-hydrogen) atoms. The number of hydrogen-bond acceptors (Lipinski definition) is 2. The van der Waals surface area contributed by atoms with Crippen molar-refractivity contribution in [1.29, 1.82) is 0 Å². The molecule has 1 heterocycles. The Kier molecular flexibility index (Phi) is 3.53. The lowest BCUT2D eigenvalue weighted by Crippen LogP contribution is -2.30. The van der Waals surface area contributed by atoms with Gasteiger partial charge >= 0.3 is 0 Å². The number of rotatable bonds is 2. The third-order valence-corrected chi connectivity index (χ3v) is 3.98. The van der Waals surface area contributed by atoms with Crippen LogP contribution >= 0.6 is 11.6 Å². The van der Waals surface area contributed by atoms with E-state index >= 15 is 0 Å². The first-order valence-corrected chi connectivity index (χ1v) is 7.16. The Bertz CT molecular complexity index is 648. The van der Waals surface area contributed by atoms with E-state index in [0.717, 1.165) is 36.1 Å². The van der Waals surface area contributed by atoms with Gasteiger partial charge in [-0.1, -0.05) is 17.7 Å². The summed E-state index contributed by atoms with van der Waals surface area (Å²) in [4.78, 5) is 12.3. The molecule has 4 heteroatoms. The molecule has 1 aliphatic carbocycles. The van der Waals surface area contributed by atoms with Gasteiger partial charge in [0.05, 0.1) is 12.3 Å². The SMILES string of the molecule is Cc1coc2c1C(NC(=O)c1cccc(Cl)c1)CCC2. The number of halogens is 1. The zero-order valence-electron chi connectivity index (χ0n) is 11.3. The van der Waals surface area contributed by atoms with Crippen LogP contribution in [0.3, 0.4) is 0 Å². The third-order valence-electron chi connectivity index (χ3n) is 3.74. The Hall–Kier alpha value is -1.74. The summed E-state index contributed by atoms with van der Waals surface area (Å²) >= 11 is 5.93. The molecule has 104 valence electrons. The molecule has 1 aromatic heterocycles. The molecule has 0 saturated carbocycles. The van der Waals surface area contributed by atoms with Crippen molar-refractivity contribution in [2.24, 2.45) is 0 Å². The smallest absolute Gasteiger partial charge is 0.251 e. The maximum Gasteiger partial charge on any atom is 0.251 e. The number of carbonyl (C=O) groups excluding carboxylic acids is 1. The predicted molar refractivity (Wildman–Crippen MR) is 78.0 cm³/mol. The lowest BCUT2D eigenvalue weighted by Gasteiger charge is -2.23. The molecule has 0 spiro atoms. The van der Waals surface area contributed by atoms with Gasteiger partial charge in [-0.15, -0.1) is 0 Å². The van der Waals surface area contributed by atoms with E-state index < -0.39 is 0 Å². The van der Waals surface area contributed by atoms with Gasteiger partial charge in [-0.25, -0.2) is 0 Å². The van der Waals surface area contributed by atoms with Crippen LogP contribution in [-0.2, 0) is 6.42 Å². The second-order valence-electron chi connectivity index (χ2n) is 5.18. The molecular formula is C16H16ClNO2. The largest absolute Gasteiger partial charge is 0.469 e. The van der Waals surface area contributed by atoms with Crippen LogP contribution in [0, 0.1) is 6.92 Å². The molecule has 2 aromatic rings. The average molecular weight is 290 g/mol. The zero-order chi connectivity index (χ0) is 14.1. The van der Waals surface area contributed by atoms with Crippen molar-refractivity contribution in [2.75, 3.05) is 0 Å². The second kappa shape index (κ2) is 5.33. The summed E-state index contributed by atoms with van der Waals surface area (Å²) in [5.41, 5.74) is 2.84. The second-order valence-corrected chi connectivity index (χ2v) is 5.62. The summed E-state index contributed by atoms with van der Waals surface area (Å²) in [7, 11) is 0. The first kappa shape index (κ1) is 13.3. The van der Waals surface area contributed by atoms with Gasteiger partial charge in [0.2, 0.25) is 0 Å². The highest BCUT2D eigenvalue weighted by Crippen LogP contribution is 2.33. The number of benzene rings is 1. The molecule has 0 fully saturated rings. The standard InChI is InChI=1S/C16H16ClNO2/c1-10-9-20-14-7-3-6-13(15(10)14)18-16(19)11-4-2-5-12(17)8-11/h2,4-5,8-9,13H,3,6-7H2,1H3,(H,18,19). The molecule has 0 radical (unpaired) electrons. The molecule has 0 bridgehead atoms. The van der Waals surface area contributed by atoms with Gasteiger partial charge in [-0.05, 0) is 43.5 Å². The lowest BCUT2D eigenvalue weighted by atomic mass is 9.90. The van der Waals surface area contributed by atoms with Crippen LogP contribution in [-0.4, -0.2) is 5.91 Å². The summed E-state index contributed by atoms with van der Waals surface area (Å²) in [5, 5.41) is 3.66. The maximum atomic E-state index is 12.3. The fraction of sp³-hybridized carbons (Fsp3) is 0.312. The molecule has 1 amide bonds. The number of hydrogen-bond donors (Lipinski definition) is 1. The lowest BCUT2D eigenvalue weighted by molar-refractivity contribution is 0.0932. The topological polar surface area (TPSA) is 42.2 Å². The Morgan fingerprint density at radius 1 is 1.45 bits per heavy atom. The van der Waals surface area contributed by atoms with Gasteiger partial charge in [0.15, 0.2) is 0 Å². The summed E-state index contributed by atoms with van der Waals surface area (Å²) in [5.74, 6) is 0.913. The first-order valence-electron chi connectivity index (χ1n) is 6.78. The fourth-order valence-electron chi connectivity index (χ4n) is 2.80. The van der Waals surface area contributed by atoms with Crippen molar-refractivity contribution < 1.29 is 9.21 Å². The van der Waals surface area contributed by atoms with Crippen LogP contribution in [0.15, 0.2) is 34.9 Å². The highest BCUT2D eigenvalue weighted by atomic mass is 35.5. The quantitative estimate of drug-likeness (QED) is 0.906. The molecule has 3 rings (SSSR count). The van der Waals surface area contributed by atoms with Gasteiger partial charge < -0.3 is 9.73 Å². The van der Waals surface area contributed by atoms with Crippen LogP contribution in [0.25, 0.3) is 0 Å². The van der Waals surface area contributed by atoms with E-state index in [1.165, 1.54) is 0 Å². The molecule has 0 aliphatic heterocycles. The molecule has 1 N–H and O–H groups in total. The molecule has 3 nitrogen and oxygen atoms in total. The molecule has 1 unspecified atom stereocenters. The van der Waals surface area contributed by atoms with Gasteiger partial charge in [0, 0.05) is 22.6 Å². The van der Waals surface area contributed by atoms with Crippen LogP contribution in [0.2, 0.25) is 5.02 Å². The number of carbonyl (C=O) groups is 1. The molecule has 0 saturated heterocycles. The predicted octanol–water partition coefficient (Wildman–Crippen LogP) is 4.05. The molecule has 1 atom stereocenters. The Morgan fingerprint density at radius 2 is 2.30 bits per heavy atom. The summed E-state index contributed by atoms with van der Waals surface area (Å²) < 4.78 is 5.55. The fourth-order valence-corrected chi connectivity index (χ4v) is 2.99. The van der Waals surface area contributed by atoms with E-state index in [4.69, 9.17) is 16.0 Å². The first-order chi connectivity index (χ1) is 9.65. The van der Waals surface area contributed by atoms with Crippen molar-refractivity contribution in [1.82, 2.24) is 5.32 Å². The monoisotopic (exact) mass is 289 g/mol. The zero-order valence-corrected chi connectivity index (χ0v) is 12.0. The summed E-state index contributed by atoms with van der Waals surface area (Å²) in [6, 6.07) is 7.03. The number of aryl methyl sites for hydroxylation is 2. The van der Waals surface area contributed by atoms with E-state index in [9.17, 15) is 4.79 Å². The van der Waals surface area contributed by atoms with Gasteiger partial charge in [-0.2, -0.15) is 0 Å². The van der Waals surface area contributed by atoms with Gasteiger partial charge in [0.1, 0.15) is 5.76 Å². The van der Waals surface area contributed by atoms with Crippen molar-refractivity contribution >= 4 is 17.5 Å². The number of amides is 1. The van der Waals surface area contributed by atoms with Crippen molar-refractivity contribution in [3.05, 3.63) is 58.0 Å². The minimum Gasteiger partial charge on any atom is -0.469 e. The Labute approximate surface area is 122 Å². The summed E-state index contributed by atoms with van der Waals surface area (Å²) in [6.45, 7) is 2.02.